The molecule has 0 fully saturated rings. The Hall–Kier alpha value is -1.09. The lowest BCUT2D eigenvalue weighted by atomic mass is 10.2. The molecule has 3 heteroatoms. The first-order chi connectivity index (χ1) is 5.81. The zero-order valence-corrected chi connectivity index (χ0v) is 7.07. The van der Waals surface area contributed by atoms with Crippen molar-refractivity contribution in [1.29, 1.82) is 0 Å². The van der Waals surface area contributed by atoms with Crippen molar-refractivity contribution in [2.24, 2.45) is 0 Å². The maximum atomic E-state index is 12.2. The highest BCUT2D eigenvalue weighted by molar-refractivity contribution is 7.19. The standard InChI is InChI=1S/C9H7FOS/c10-5-6-4-7-8(11)2-1-3-9(7)12-6/h1-4,11H,5H2. The number of fused-ring (bicyclic) bond motifs is 1. The van der Waals surface area contributed by atoms with Crippen molar-refractivity contribution < 1.29 is 9.50 Å². The number of phenols is 1. The fourth-order valence-electron chi connectivity index (χ4n) is 1.16. The van der Waals surface area contributed by atoms with Crippen LogP contribution >= 0.6 is 11.3 Å². The molecule has 0 bridgehead atoms. The van der Waals surface area contributed by atoms with Gasteiger partial charge in [-0.3, -0.25) is 0 Å². The molecule has 0 atom stereocenters. The lowest BCUT2D eigenvalue weighted by molar-refractivity contribution is 0.481. The average molecular weight is 182 g/mol. The molecule has 0 unspecified atom stereocenters. The Morgan fingerprint density at radius 1 is 1.42 bits per heavy atom. The molecule has 0 amide bonds. The molecule has 2 rings (SSSR count). The first-order valence-corrected chi connectivity index (χ1v) is 4.39. The number of alkyl halides is 1. The fourth-order valence-corrected chi connectivity index (χ4v) is 2.10. The summed E-state index contributed by atoms with van der Waals surface area (Å²) in [4.78, 5) is 0.659. The Bertz CT molecular complexity index is 408. The maximum Gasteiger partial charge on any atom is 0.124 e. The van der Waals surface area contributed by atoms with Gasteiger partial charge in [-0.1, -0.05) is 6.07 Å². The summed E-state index contributed by atoms with van der Waals surface area (Å²) in [7, 11) is 0. The Labute approximate surface area is 73.1 Å². The fraction of sp³-hybridized carbons (Fsp3) is 0.111. The Morgan fingerprint density at radius 3 is 2.92 bits per heavy atom. The van der Waals surface area contributed by atoms with Crippen LogP contribution in [0, 0.1) is 0 Å². The molecule has 0 saturated heterocycles. The van der Waals surface area contributed by atoms with Crippen LogP contribution in [0.4, 0.5) is 4.39 Å². The van der Waals surface area contributed by atoms with Crippen molar-refractivity contribution in [2.75, 3.05) is 0 Å². The molecular weight excluding hydrogens is 175 g/mol. The third-order valence-corrected chi connectivity index (χ3v) is 2.79. The van der Waals surface area contributed by atoms with Crippen molar-refractivity contribution in [1.82, 2.24) is 0 Å². The number of phenolic OH excluding ortho intramolecular Hbond substituents is 1. The zero-order chi connectivity index (χ0) is 8.55. The minimum atomic E-state index is -0.460. The molecule has 0 radical (unpaired) electrons. The molecule has 0 spiro atoms. The zero-order valence-electron chi connectivity index (χ0n) is 6.25. The molecule has 62 valence electrons. The first kappa shape index (κ1) is 7.55. The topological polar surface area (TPSA) is 20.2 Å². The van der Waals surface area contributed by atoms with Gasteiger partial charge in [-0.2, -0.15) is 0 Å². The first-order valence-electron chi connectivity index (χ1n) is 3.57. The Kier molecular flexibility index (Phi) is 1.73. The molecule has 1 nitrogen and oxygen atoms in total. The highest BCUT2D eigenvalue weighted by Crippen LogP contribution is 2.32. The predicted molar refractivity (Wildman–Crippen MR) is 48.3 cm³/mol. The summed E-state index contributed by atoms with van der Waals surface area (Å²) in [6.45, 7) is -0.460. The summed E-state index contributed by atoms with van der Waals surface area (Å²) in [6.07, 6.45) is 0. The Balaban J connectivity index is 2.74. The summed E-state index contributed by atoms with van der Waals surface area (Å²) in [5, 5.41) is 10.1. The van der Waals surface area contributed by atoms with E-state index in [1.165, 1.54) is 11.3 Å². The van der Waals surface area contributed by atoms with E-state index >= 15 is 0 Å². The van der Waals surface area contributed by atoms with E-state index in [4.69, 9.17) is 0 Å². The molecule has 1 aromatic heterocycles. The molecular formula is C9H7FOS. The monoisotopic (exact) mass is 182 g/mol. The van der Waals surface area contributed by atoms with E-state index in [9.17, 15) is 9.50 Å². The van der Waals surface area contributed by atoms with E-state index in [2.05, 4.69) is 0 Å². The van der Waals surface area contributed by atoms with Gasteiger partial charge in [0.05, 0.1) is 0 Å². The van der Waals surface area contributed by atoms with Gasteiger partial charge in [0.2, 0.25) is 0 Å². The van der Waals surface area contributed by atoms with Gasteiger partial charge in [0.25, 0.3) is 0 Å². The SMILES string of the molecule is Oc1cccc2sc(CF)cc12. The van der Waals surface area contributed by atoms with Crippen molar-refractivity contribution in [2.45, 2.75) is 6.67 Å². The number of hydrogen-bond acceptors (Lipinski definition) is 2. The highest BCUT2D eigenvalue weighted by Gasteiger charge is 2.03. The van der Waals surface area contributed by atoms with Gasteiger partial charge in [0.1, 0.15) is 12.4 Å². The summed E-state index contributed by atoms with van der Waals surface area (Å²) in [5.74, 6) is 0.225. The van der Waals surface area contributed by atoms with E-state index in [-0.39, 0.29) is 5.75 Å². The van der Waals surface area contributed by atoms with Crippen molar-refractivity contribution >= 4 is 21.4 Å². The second-order valence-electron chi connectivity index (χ2n) is 2.54. The number of halogens is 1. The molecule has 0 aliphatic carbocycles. The highest BCUT2D eigenvalue weighted by atomic mass is 32.1. The Morgan fingerprint density at radius 2 is 2.25 bits per heavy atom. The number of hydrogen-bond donors (Lipinski definition) is 1. The molecule has 12 heavy (non-hydrogen) atoms. The van der Waals surface area contributed by atoms with E-state index in [0.29, 0.717) is 4.88 Å². The van der Waals surface area contributed by atoms with Crippen molar-refractivity contribution in [3.8, 4) is 5.75 Å². The number of benzene rings is 1. The molecule has 2 aromatic rings. The van der Waals surface area contributed by atoms with Crippen molar-refractivity contribution in [3.05, 3.63) is 29.1 Å². The van der Waals surface area contributed by atoms with Gasteiger partial charge in [-0.15, -0.1) is 11.3 Å². The van der Waals surface area contributed by atoms with E-state index in [1.54, 1.807) is 18.2 Å². The molecule has 0 aliphatic heterocycles. The van der Waals surface area contributed by atoms with Crippen LogP contribution in [0.2, 0.25) is 0 Å². The second-order valence-corrected chi connectivity index (χ2v) is 3.70. The summed E-state index contributed by atoms with van der Waals surface area (Å²) >= 11 is 1.38. The smallest absolute Gasteiger partial charge is 0.124 e. The summed E-state index contributed by atoms with van der Waals surface area (Å²) in [5.41, 5.74) is 0. The van der Waals surface area contributed by atoms with Crippen molar-refractivity contribution in [3.63, 3.8) is 0 Å². The van der Waals surface area contributed by atoms with Gasteiger partial charge in [-0.25, -0.2) is 4.39 Å². The van der Waals surface area contributed by atoms with Crippen LogP contribution in [0.15, 0.2) is 24.3 Å². The van der Waals surface area contributed by atoms with E-state index in [1.807, 2.05) is 6.07 Å². The molecule has 0 aliphatic rings. The van der Waals surface area contributed by atoms with Crippen LogP contribution in [0.5, 0.6) is 5.75 Å². The van der Waals surface area contributed by atoms with Crippen LogP contribution in [0.25, 0.3) is 10.1 Å². The van der Waals surface area contributed by atoms with Crippen LogP contribution in [-0.2, 0) is 6.67 Å². The van der Waals surface area contributed by atoms with Gasteiger partial charge in [0, 0.05) is 15.0 Å². The number of thiophene rings is 1. The van der Waals surface area contributed by atoms with E-state index in [0.717, 1.165) is 10.1 Å². The number of aromatic hydroxyl groups is 1. The lowest BCUT2D eigenvalue weighted by Gasteiger charge is -1.90. The third kappa shape index (κ3) is 1.06. The lowest BCUT2D eigenvalue weighted by Crippen LogP contribution is -1.65. The second kappa shape index (κ2) is 2.75. The third-order valence-electron chi connectivity index (χ3n) is 1.72. The molecule has 1 heterocycles. The minimum Gasteiger partial charge on any atom is -0.507 e. The summed E-state index contributed by atoms with van der Waals surface area (Å²) < 4.78 is 13.2. The normalized spacial score (nSPS) is 10.8. The largest absolute Gasteiger partial charge is 0.507 e. The average Bonchev–Trinajstić information content (AvgIpc) is 2.49. The number of rotatable bonds is 1. The van der Waals surface area contributed by atoms with E-state index < -0.39 is 6.67 Å². The van der Waals surface area contributed by atoms with Gasteiger partial charge in [0.15, 0.2) is 0 Å². The minimum absolute atomic E-state index is 0.225. The van der Waals surface area contributed by atoms with Gasteiger partial charge >= 0.3 is 0 Å². The van der Waals surface area contributed by atoms with Gasteiger partial charge < -0.3 is 5.11 Å². The predicted octanol–water partition coefficient (Wildman–Crippen LogP) is 3.08. The van der Waals surface area contributed by atoms with Crippen LogP contribution in [0.1, 0.15) is 4.88 Å². The maximum absolute atomic E-state index is 12.2. The molecule has 0 saturated carbocycles. The van der Waals surface area contributed by atoms with Crippen LogP contribution < -0.4 is 0 Å². The summed E-state index contributed by atoms with van der Waals surface area (Å²) in [6, 6.07) is 6.93. The molecule has 1 N–H and O–H groups in total. The van der Waals surface area contributed by atoms with Gasteiger partial charge in [-0.05, 0) is 18.2 Å². The molecule has 1 aromatic carbocycles. The quantitative estimate of drug-likeness (QED) is 0.718. The van der Waals surface area contributed by atoms with Crippen LogP contribution in [-0.4, -0.2) is 5.11 Å². The van der Waals surface area contributed by atoms with Crippen LogP contribution in [0.3, 0.4) is 0 Å².